The summed E-state index contributed by atoms with van der Waals surface area (Å²) in [7, 11) is 0. The van der Waals surface area contributed by atoms with Crippen molar-refractivity contribution < 1.29 is 53.7 Å². The van der Waals surface area contributed by atoms with Crippen LogP contribution in [-0.2, 0) is 10.8 Å². The minimum Gasteiger partial charge on any atom is -0.453 e. The van der Waals surface area contributed by atoms with Gasteiger partial charge in [0.05, 0.1) is 12.7 Å². The van der Waals surface area contributed by atoms with Crippen molar-refractivity contribution in [2.24, 2.45) is 5.92 Å². The van der Waals surface area contributed by atoms with Gasteiger partial charge in [0.1, 0.15) is 28.8 Å². The first-order chi connectivity index (χ1) is 19.4. The van der Waals surface area contributed by atoms with Gasteiger partial charge in [0.25, 0.3) is 0 Å². The van der Waals surface area contributed by atoms with Gasteiger partial charge in [0, 0.05) is 17.7 Å². The zero-order valence-electron chi connectivity index (χ0n) is 21.4. The molecule has 1 aliphatic heterocycles. The van der Waals surface area contributed by atoms with E-state index in [4.69, 9.17) is 4.74 Å². The first-order valence-electron chi connectivity index (χ1n) is 12.5. The van der Waals surface area contributed by atoms with Crippen molar-refractivity contribution in [3.8, 4) is 22.6 Å². The fourth-order valence-electron chi connectivity index (χ4n) is 4.69. The normalized spacial score (nSPS) is 17.3. The zero-order chi connectivity index (χ0) is 29.9. The van der Waals surface area contributed by atoms with Gasteiger partial charge in [0.15, 0.2) is 23.6 Å². The standard InChI is InChI=1S/C29H23F9O3/c1-2-3-15-4-7-25(39-13-15)16-5-6-19(20(30)8-16)17-9-21(31)27(22(32)10-17)29(37,38)41-18-11-23(33)28(24(34)12-18)40-14-26(35)36/h5-6,8-12,14-15,25H,2-4,7,13H2,1H3. The number of benzene rings is 3. The van der Waals surface area contributed by atoms with Crippen molar-refractivity contribution in [1.82, 2.24) is 0 Å². The lowest BCUT2D eigenvalue weighted by Crippen LogP contribution is -2.25. The molecule has 3 aromatic carbocycles. The van der Waals surface area contributed by atoms with Gasteiger partial charge in [-0.1, -0.05) is 25.5 Å². The number of alkyl halides is 2. The third kappa shape index (κ3) is 6.98. The summed E-state index contributed by atoms with van der Waals surface area (Å²) in [6, 6.07) is 5.18. The van der Waals surface area contributed by atoms with Crippen LogP contribution in [0.1, 0.15) is 49.8 Å². The predicted molar refractivity (Wildman–Crippen MR) is 130 cm³/mol. The van der Waals surface area contributed by atoms with E-state index in [9.17, 15) is 39.5 Å². The topological polar surface area (TPSA) is 27.7 Å². The monoisotopic (exact) mass is 590 g/mol. The Bertz CT molecular complexity index is 1380. The summed E-state index contributed by atoms with van der Waals surface area (Å²) < 4.78 is 140. The molecule has 0 bridgehead atoms. The number of rotatable bonds is 9. The molecular formula is C29H23F9O3. The molecule has 0 N–H and O–H groups in total. The second-order valence-corrected chi connectivity index (χ2v) is 9.47. The van der Waals surface area contributed by atoms with E-state index in [-0.39, 0.29) is 35.6 Å². The summed E-state index contributed by atoms with van der Waals surface area (Å²) in [6.07, 6.45) is -4.24. The molecule has 1 fully saturated rings. The number of hydrogen-bond donors (Lipinski definition) is 0. The van der Waals surface area contributed by atoms with Crippen LogP contribution in [0.15, 0.2) is 54.8 Å². The van der Waals surface area contributed by atoms with Gasteiger partial charge in [-0.3, -0.25) is 0 Å². The molecule has 4 rings (SSSR count). The van der Waals surface area contributed by atoms with Gasteiger partial charge in [-0.25, -0.2) is 22.0 Å². The summed E-state index contributed by atoms with van der Waals surface area (Å²) in [5.41, 5.74) is -2.03. The van der Waals surface area contributed by atoms with E-state index < -0.39 is 58.3 Å². The fourth-order valence-corrected chi connectivity index (χ4v) is 4.69. The van der Waals surface area contributed by atoms with Gasteiger partial charge in [-0.05, 0) is 54.5 Å². The maximum absolute atomic E-state index is 15.0. The molecule has 0 radical (unpaired) electrons. The third-order valence-electron chi connectivity index (χ3n) is 6.56. The highest BCUT2D eigenvalue weighted by Crippen LogP contribution is 2.40. The van der Waals surface area contributed by atoms with E-state index in [1.807, 2.05) is 0 Å². The summed E-state index contributed by atoms with van der Waals surface area (Å²) in [4.78, 5) is 0. The van der Waals surface area contributed by atoms with Gasteiger partial charge in [-0.2, -0.15) is 17.6 Å². The Morgan fingerprint density at radius 1 is 0.902 bits per heavy atom. The molecule has 12 heteroatoms. The molecule has 1 aliphatic rings. The molecule has 2 unspecified atom stereocenters. The maximum Gasteiger partial charge on any atom is 0.432 e. The van der Waals surface area contributed by atoms with Crippen LogP contribution in [-0.4, -0.2) is 6.61 Å². The highest BCUT2D eigenvalue weighted by Gasteiger charge is 2.41. The SMILES string of the molecule is CCCC1CCC(c2ccc(-c3cc(F)c(C(F)(F)Oc4cc(F)c(OC=C(F)F)c(F)c4)c(F)c3)c(F)c2)OC1. The Labute approximate surface area is 229 Å². The van der Waals surface area contributed by atoms with Crippen molar-refractivity contribution in [1.29, 1.82) is 0 Å². The van der Waals surface area contributed by atoms with Crippen LogP contribution in [0, 0.1) is 35.0 Å². The Balaban J connectivity index is 1.55. The highest BCUT2D eigenvalue weighted by atomic mass is 19.3. The molecule has 0 aromatic heterocycles. The summed E-state index contributed by atoms with van der Waals surface area (Å²) in [6.45, 7) is 2.61. The Morgan fingerprint density at radius 2 is 1.56 bits per heavy atom. The molecule has 0 spiro atoms. The van der Waals surface area contributed by atoms with Crippen molar-refractivity contribution in [2.45, 2.75) is 44.8 Å². The Kier molecular flexibility index (Phi) is 9.21. The average molecular weight is 590 g/mol. The first-order valence-corrected chi connectivity index (χ1v) is 12.5. The molecule has 0 aliphatic carbocycles. The number of halogens is 9. The Hall–Kier alpha value is -3.67. The molecule has 1 saturated heterocycles. The van der Waals surface area contributed by atoms with E-state index in [2.05, 4.69) is 16.4 Å². The molecule has 3 aromatic rings. The molecule has 0 saturated carbocycles. The minimum absolute atomic E-state index is 0.150. The van der Waals surface area contributed by atoms with Crippen molar-refractivity contribution in [2.75, 3.05) is 6.61 Å². The fraction of sp³-hybridized carbons (Fsp3) is 0.310. The minimum atomic E-state index is -4.80. The van der Waals surface area contributed by atoms with Crippen molar-refractivity contribution in [3.05, 3.63) is 95.0 Å². The zero-order valence-corrected chi connectivity index (χ0v) is 21.4. The largest absolute Gasteiger partial charge is 0.453 e. The van der Waals surface area contributed by atoms with Crippen LogP contribution in [0.2, 0.25) is 0 Å². The van der Waals surface area contributed by atoms with Crippen LogP contribution in [0.4, 0.5) is 39.5 Å². The average Bonchev–Trinajstić information content (AvgIpc) is 2.87. The van der Waals surface area contributed by atoms with Crippen LogP contribution < -0.4 is 9.47 Å². The molecule has 2 atom stereocenters. The van der Waals surface area contributed by atoms with Gasteiger partial charge in [0.2, 0.25) is 0 Å². The van der Waals surface area contributed by atoms with Gasteiger partial charge >= 0.3 is 12.2 Å². The van der Waals surface area contributed by atoms with Crippen molar-refractivity contribution in [3.63, 3.8) is 0 Å². The van der Waals surface area contributed by atoms with Gasteiger partial charge < -0.3 is 14.2 Å². The van der Waals surface area contributed by atoms with E-state index in [0.29, 0.717) is 36.6 Å². The van der Waals surface area contributed by atoms with Crippen LogP contribution in [0.5, 0.6) is 11.5 Å². The smallest absolute Gasteiger partial charge is 0.432 e. The van der Waals surface area contributed by atoms with Crippen LogP contribution in [0.3, 0.4) is 0 Å². The lowest BCUT2D eigenvalue weighted by Gasteiger charge is -2.29. The maximum atomic E-state index is 15.0. The molecule has 3 nitrogen and oxygen atoms in total. The van der Waals surface area contributed by atoms with Gasteiger partial charge in [-0.15, -0.1) is 0 Å². The lowest BCUT2D eigenvalue weighted by molar-refractivity contribution is -0.189. The molecule has 0 amide bonds. The first kappa shape index (κ1) is 30.3. The third-order valence-corrected chi connectivity index (χ3v) is 6.56. The second kappa shape index (κ2) is 12.5. The van der Waals surface area contributed by atoms with E-state index >= 15 is 0 Å². The number of ether oxygens (including phenoxy) is 3. The van der Waals surface area contributed by atoms with Crippen LogP contribution in [0.25, 0.3) is 11.1 Å². The summed E-state index contributed by atoms with van der Waals surface area (Å²) in [5, 5.41) is 0. The Morgan fingerprint density at radius 3 is 2.10 bits per heavy atom. The van der Waals surface area contributed by atoms with Crippen LogP contribution >= 0.6 is 0 Å². The number of hydrogen-bond acceptors (Lipinski definition) is 3. The van der Waals surface area contributed by atoms with Crippen molar-refractivity contribution >= 4 is 0 Å². The summed E-state index contributed by atoms with van der Waals surface area (Å²) in [5.74, 6) is -10.1. The predicted octanol–water partition coefficient (Wildman–Crippen LogP) is 9.56. The van der Waals surface area contributed by atoms with E-state index in [1.54, 1.807) is 0 Å². The molecule has 1 heterocycles. The molecular weight excluding hydrogens is 567 g/mol. The highest BCUT2D eigenvalue weighted by molar-refractivity contribution is 5.65. The lowest BCUT2D eigenvalue weighted by atomic mass is 9.91. The second-order valence-electron chi connectivity index (χ2n) is 9.47. The van der Waals surface area contributed by atoms with E-state index in [0.717, 1.165) is 25.3 Å². The summed E-state index contributed by atoms with van der Waals surface area (Å²) >= 11 is 0. The van der Waals surface area contributed by atoms with E-state index in [1.165, 1.54) is 12.1 Å². The molecule has 41 heavy (non-hydrogen) atoms. The molecule has 220 valence electrons. The quantitative estimate of drug-likeness (QED) is 0.184.